The zero-order valence-electron chi connectivity index (χ0n) is 54.2. The molecule has 4 atom stereocenters. The van der Waals surface area contributed by atoms with Crippen LogP contribution in [0.25, 0.3) is 0 Å². The van der Waals surface area contributed by atoms with Crippen LogP contribution in [0.5, 0.6) is 5.75 Å². The second kappa shape index (κ2) is 52.7. The van der Waals surface area contributed by atoms with E-state index in [0.717, 1.165) is 70.6 Å². The van der Waals surface area contributed by atoms with Crippen molar-refractivity contribution in [1.29, 1.82) is 5.41 Å². The van der Waals surface area contributed by atoms with Gasteiger partial charge in [0.15, 0.2) is 17.3 Å². The zero-order valence-corrected chi connectivity index (χ0v) is 55.0. The molecule has 13 N–H and O–H groups in total. The molecular formula is C64H110N8O18S. The van der Waals surface area contributed by atoms with E-state index in [0.29, 0.717) is 89.3 Å². The van der Waals surface area contributed by atoms with Gasteiger partial charge in [-0.3, -0.25) is 48.3 Å². The number of unbranched alkanes of at least 4 members (excludes halogenated alkanes) is 14. The van der Waals surface area contributed by atoms with Crippen molar-refractivity contribution in [2.24, 2.45) is 23.3 Å². The number of amides is 4. The van der Waals surface area contributed by atoms with Crippen molar-refractivity contribution in [3.05, 3.63) is 29.8 Å². The number of carboxylic acids is 1. The molecule has 4 amide bonds. The number of phenols is 1. The number of rotatable bonds is 63. The third-order valence-corrected chi connectivity index (χ3v) is 15.6. The molecule has 91 heavy (non-hydrogen) atoms. The van der Waals surface area contributed by atoms with Crippen molar-refractivity contribution in [2.45, 2.75) is 212 Å². The molecular weight excluding hydrogens is 1200 g/mol. The average Bonchev–Trinajstić information content (AvgIpc) is 3.62. The third-order valence-electron chi connectivity index (χ3n) is 14.8. The van der Waals surface area contributed by atoms with Gasteiger partial charge in [0.1, 0.15) is 30.8 Å². The minimum Gasteiger partial charge on any atom is -0.508 e. The lowest BCUT2D eigenvalue weighted by Gasteiger charge is -2.23. The minimum absolute atomic E-state index is 0.0164. The predicted octanol–water partition coefficient (Wildman–Crippen LogP) is 5.11. The first kappa shape index (κ1) is 83.2. The van der Waals surface area contributed by atoms with Crippen molar-refractivity contribution in [2.75, 3.05) is 84.8 Å². The fraction of sp³-hybridized carbons (Fsp3) is 0.750. The molecule has 27 heteroatoms. The van der Waals surface area contributed by atoms with Crippen LogP contribution in [0.1, 0.15) is 193 Å². The van der Waals surface area contributed by atoms with E-state index < -0.39 is 46.0 Å². The molecule has 0 radical (unpaired) electrons. The number of primary amides is 1. The lowest BCUT2D eigenvalue weighted by Crippen LogP contribution is -2.47. The van der Waals surface area contributed by atoms with Crippen LogP contribution in [0.4, 0.5) is 0 Å². The van der Waals surface area contributed by atoms with Crippen LogP contribution in [0.3, 0.4) is 0 Å². The zero-order chi connectivity index (χ0) is 67.5. The summed E-state index contributed by atoms with van der Waals surface area (Å²) < 4.78 is 52.0. The van der Waals surface area contributed by atoms with E-state index in [-0.39, 0.29) is 169 Å². The molecule has 1 aromatic carbocycles. The molecule has 0 bridgehead atoms. The number of ether oxygens (including phenoxy) is 4. The Hall–Kier alpha value is -5.81. The summed E-state index contributed by atoms with van der Waals surface area (Å²) >= 11 is 0. The molecule has 1 aromatic rings. The van der Waals surface area contributed by atoms with Gasteiger partial charge in [-0.05, 0) is 87.8 Å². The number of benzene rings is 1. The molecule has 520 valence electrons. The molecule has 0 unspecified atom stereocenters. The molecule has 0 fully saturated rings. The summed E-state index contributed by atoms with van der Waals surface area (Å²) in [7, 11) is -3.86. The van der Waals surface area contributed by atoms with Crippen LogP contribution in [0.15, 0.2) is 24.3 Å². The Morgan fingerprint density at radius 3 is 1.66 bits per heavy atom. The smallest absolute Gasteiger partial charge is 0.326 e. The normalized spacial score (nSPS) is 12.8. The van der Waals surface area contributed by atoms with Crippen LogP contribution in [0.2, 0.25) is 0 Å². The van der Waals surface area contributed by atoms with E-state index in [4.69, 9.17) is 40.4 Å². The van der Waals surface area contributed by atoms with E-state index in [1.54, 1.807) is 12.1 Å². The second-order valence-corrected chi connectivity index (χ2v) is 25.3. The Morgan fingerprint density at radius 1 is 0.527 bits per heavy atom. The highest BCUT2D eigenvalue weighted by atomic mass is 32.2. The van der Waals surface area contributed by atoms with Crippen molar-refractivity contribution in [3.63, 3.8) is 0 Å². The predicted molar refractivity (Wildman–Crippen MR) is 345 cm³/mol. The minimum atomic E-state index is -3.86. The molecule has 0 saturated carbocycles. The van der Waals surface area contributed by atoms with Gasteiger partial charge in [-0.2, -0.15) is 8.42 Å². The average molecular weight is 1310 g/mol. The van der Waals surface area contributed by atoms with Crippen molar-refractivity contribution in [3.8, 4) is 5.75 Å². The van der Waals surface area contributed by atoms with Gasteiger partial charge in [0.25, 0.3) is 10.1 Å². The van der Waals surface area contributed by atoms with Crippen molar-refractivity contribution >= 4 is 68.7 Å². The fourth-order valence-corrected chi connectivity index (χ4v) is 10.3. The molecule has 0 spiro atoms. The number of carbonyl (C=O) groups is 9. The number of phenolic OH excluding ortho intramolecular Hbond substituents is 1. The number of aromatic hydroxyl groups is 1. The number of Topliss-reactive ketones (excluding diaryl/α,β-unsaturated/α-hetero) is 4. The first-order valence-corrected chi connectivity index (χ1v) is 34.3. The SMILES string of the molecule is CC(C)CC(=O)CN[C@@H](CCCCNC(=O)COCCOCCCC(=O)COCCOCCNC(=O)CC[C@H](NC(=O)CCCCCCCCCCCCCCCS(=O)(=O)O)C(=O)O)C(=O)CN[C@@H](CCCCC(=N)N)C(=O)C[C@@H](Cc1ccc(O)cc1)C(N)=O. The Bertz CT molecular complexity index is 2380. The van der Waals surface area contributed by atoms with Gasteiger partial charge in [-0.25, -0.2) is 4.79 Å². The summed E-state index contributed by atoms with van der Waals surface area (Å²) in [6.07, 6.45) is 16.7. The molecule has 0 aliphatic rings. The van der Waals surface area contributed by atoms with Crippen LogP contribution >= 0.6 is 0 Å². The van der Waals surface area contributed by atoms with Gasteiger partial charge in [0.05, 0.1) is 69.8 Å². The van der Waals surface area contributed by atoms with Crippen molar-refractivity contribution in [1.82, 2.24) is 26.6 Å². The lowest BCUT2D eigenvalue weighted by atomic mass is 9.90. The summed E-state index contributed by atoms with van der Waals surface area (Å²) in [6, 6.07) is 3.55. The monoisotopic (exact) mass is 1310 g/mol. The fourth-order valence-electron chi connectivity index (χ4n) is 9.76. The Balaban J connectivity index is 2.24. The van der Waals surface area contributed by atoms with Gasteiger partial charge in [0.2, 0.25) is 23.6 Å². The summed E-state index contributed by atoms with van der Waals surface area (Å²) in [6.45, 7) is 5.00. The number of amidine groups is 1. The van der Waals surface area contributed by atoms with E-state index in [1.807, 2.05) is 13.8 Å². The first-order valence-electron chi connectivity index (χ1n) is 32.7. The number of aliphatic carboxylic acids is 1. The number of nitrogens with two attached hydrogens (primary N) is 2. The standard InChI is InChI=1S/C64H110N8O18S/c1-48(2)41-53(75)44-70-55(58(77)45-71-54(22-15-16-24-59(65)66)57(76)43-50(63(67)81)42-49-26-28-51(73)29-27-49)23-17-18-32-68-62(80)47-90-39-36-87-34-20-21-52(74)46-89-38-37-88-35-33-69-60(78)31-30-56(64(82)83)72-61(79)25-14-12-10-8-6-4-3-5-7-9-11-13-19-40-91(84,85)86/h26-29,48,50,54-56,70-71,73H,3-25,30-47H2,1-2H3,(H3,65,66)(H2,67,81)(H,68,80)(H,69,78)(H,72,79)(H,82,83)(H,84,85,86)/t50-,54+,55+,56+/m1/s1. The highest BCUT2D eigenvalue weighted by Crippen LogP contribution is 2.19. The van der Waals surface area contributed by atoms with E-state index in [9.17, 15) is 61.8 Å². The maximum absolute atomic E-state index is 13.7. The van der Waals surface area contributed by atoms with E-state index in [2.05, 4.69) is 26.6 Å². The Kier molecular flexibility index (Phi) is 48.1. The van der Waals surface area contributed by atoms with Gasteiger partial charge < -0.3 is 67.2 Å². The van der Waals surface area contributed by atoms with Gasteiger partial charge in [-0.15, -0.1) is 0 Å². The molecule has 26 nitrogen and oxygen atoms in total. The quantitative estimate of drug-likeness (QED) is 0.0175. The topological polar surface area (TPSA) is 421 Å². The second-order valence-electron chi connectivity index (χ2n) is 23.7. The number of hydrogen-bond donors (Lipinski definition) is 11. The Morgan fingerprint density at radius 2 is 1.07 bits per heavy atom. The summed E-state index contributed by atoms with van der Waals surface area (Å²) in [5.74, 6) is -4.48. The molecule has 0 aliphatic heterocycles. The summed E-state index contributed by atoms with van der Waals surface area (Å²) in [4.78, 5) is 114. The van der Waals surface area contributed by atoms with E-state index >= 15 is 0 Å². The summed E-state index contributed by atoms with van der Waals surface area (Å²) in [5.41, 5.74) is 12.0. The number of carboxylic acid groups (broad SMARTS) is 1. The highest BCUT2D eigenvalue weighted by molar-refractivity contribution is 7.85. The first-order chi connectivity index (χ1) is 43.4. The molecule has 0 aromatic heterocycles. The number of nitrogens with one attached hydrogen (secondary N) is 6. The molecule has 0 aliphatic carbocycles. The van der Waals surface area contributed by atoms with Crippen LogP contribution in [0, 0.1) is 17.2 Å². The maximum Gasteiger partial charge on any atom is 0.326 e. The van der Waals surface area contributed by atoms with Crippen LogP contribution in [-0.4, -0.2) is 185 Å². The van der Waals surface area contributed by atoms with E-state index in [1.165, 1.54) is 12.1 Å². The maximum atomic E-state index is 13.7. The largest absolute Gasteiger partial charge is 0.508 e. The van der Waals surface area contributed by atoms with Crippen LogP contribution in [-0.2, 0) is 78.6 Å². The van der Waals surface area contributed by atoms with Gasteiger partial charge in [0, 0.05) is 64.1 Å². The number of ketones is 4. The van der Waals surface area contributed by atoms with Gasteiger partial charge >= 0.3 is 5.97 Å². The summed E-state index contributed by atoms with van der Waals surface area (Å²) in [5, 5.41) is 41.0. The molecule has 0 saturated heterocycles. The van der Waals surface area contributed by atoms with Crippen LogP contribution < -0.4 is 38.1 Å². The van der Waals surface area contributed by atoms with Gasteiger partial charge in [-0.1, -0.05) is 103 Å². The van der Waals surface area contributed by atoms with Crippen molar-refractivity contribution < 1.29 is 85.3 Å². The number of hydrogen-bond acceptors (Lipinski definition) is 19. The lowest BCUT2D eigenvalue weighted by molar-refractivity contribution is -0.142. The third kappa shape index (κ3) is 49.5. The Labute approximate surface area is 539 Å². The molecule has 0 heterocycles. The highest BCUT2D eigenvalue weighted by Gasteiger charge is 2.28. The molecule has 1 rings (SSSR count). The number of carbonyl (C=O) groups excluding carboxylic acids is 8.